The number of piperidine rings is 1. The van der Waals surface area contributed by atoms with Crippen molar-refractivity contribution in [3.05, 3.63) is 69.2 Å². The van der Waals surface area contributed by atoms with Crippen LogP contribution in [0.3, 0.4) is 0 Å². The summed E-state index contributed by atoms with van der Waals surface area (Å²) in [6.45, 7) is 7.88. The first kappa shape index (κ1) is 39.8. The van der Waals surface area contributed by atoms with Crippen LogP contribution in [0.4, 0.5) is 0 Å². The van der Waals surface area contributed by atoms with Gasteiger partial charge < -0.3 is 25.7 Å². The zero-order valence-corrected chi connectivity index (χ0v) is 28.2. The molecule has 2 aromatic rings. The SMILES string of the molecule is CCC1CCNCC1.CCNS(C)(=O)=O.O=CN1CCCC1C(=O)NCc1cc(Cl)ccc1CO.OCc1ccc(Cl)cc1. The summed E-state index contributed by atoms with van der Waals surface area (Å²) in [4.78, 5) is 24.4. The minimum atomic E-state index is -2.92. The molecule has 0 spiro atoms. The Hall–Kier alpha value is -2.25. The zero-order valence-electron chi connectivity index (χ0n) is 25.9. The lowest BCUT2D eigenvalue weighted by Gasteiger charge is -2.20. The van der Waals surface area contributed by atoms with Crippen molar-refractivity contribution in [1.29, 1.82) is 0 Å². The van der Waals surface area contributed by atoms with Crippen LogP contribution in [0.1, 0.15) is 62.6 Å². The smallest absolute Gasteiger partial charge is 0.243 e. The van der Waals surface area contributed by atoms with E-state index in [0.717, 1.165) is 41.7 Å². The Labute approximate surface area is 272 Å². The number of rotatable bonds is 9. The van der Waals surface area contributed by atoms with E-state index in [1.807, 2.05) is 0 Å². The molecule has 2 heterocycles. The lowest BCUT2D eigenvalue weighted by atomic mass is 9.96. The lowest BCUT2D eigenvalue weighted by Crippen LogP contribution is -2.42. The number of aliphatic hydroxyl groups is 2. The number of carbonyl (C=O) groups excluding carboxylic acids is 2. The van der Waals surface area contributed by atoms with Crippen LogP contribution in [0.5, 0.6) is 0 Å². The van der Waals surface area contributed by atoms with Crippen LogP contribution in [0.25, 0.3) is 0 Å². The molecule has 2 amide bonds. The van der Waals surface area contributed by atoms with Gasteiger partial charge in [-0.15, -0.1) is 0 Å². The number of amides is 2. The average Bonchev–Trinajstić information content (AvgIpc) is 3.50. The molecule has 10 nitrogen and oxygen atoms in total. The molecular weight excluding hydrogens is 627 g/mol. The fourth-order valence-electron chi connectivity index (χ4n) is 4.55. The predicted octanol–water partition coefficient (Wildman–Crippen LogP) is 3.85. The van der Waals surface area contributed by atoms with E-state index in [9.17, 15) is 23.1 Å². The fraction of sp³-hybridized carbons (Fsp3) is 0.548. The first-order valence-corrected chi connectivity index (χ1v) is 17.5. The number of hydrogen-bond donors (Lipinski definition) is 5. The van der Waals surface area contributed by atoms with Gasteiger partial charge in [0.05, 0.1) is 19.5 Å². The van der Waals surface area contributed by atoms with Gasteiger partial charge in [-0.3, -0.25) is 9.59 Å². The number of aliphatic hydroxyl groups excluding tert-OH is 2. The molecule has 4 rings (SSSR count). The highest BCUT2D eigenvalue weighted by atomic mass is 35.5. The highest BCUT2D eigenvalue weighted by Crippen LogP contribution is 2.18. The lowest BCUT2D eigenvalue weighted by molar-refractivity contribution is -0.131. The molecule has 0 saturated carbocycles. The van der Waals surface area contributed by atoms with Crippen LogP contribution in [-0.4, -0.2) is 74.3 Å². The molecule has 5 N–H and O–H groups in total. The summed E-state index contributed by atoms with van der Waals surface area (Å²) in [5, 5.41) is 25.2. The fourth-order valence-corrected chi connectivity index (χ4v) is 5.40. The molecule has 2 saturated heterocycles. The van der Waals surface area contributed by atoms with Crippen molar-refractivity contribution < 1.29 is 28.2 Å². The quantitative estimate of drug-likeness (QED) is 0.254. The maximum Gasteiger partial charge on any atom is 0.243 e. The van der Waals surface area contributed by atoms with Crippen LogP contribution < -0.4 is 15.4 Å². The Bertz CT molecular complexity index is 1210. The molecule has 0 aromatic heterocycles. The van der Waals surface area contributed by atoms with E-state index in [1.165, 1.54) is 37.3 Å². The van der Waals surface area contributed by atoms with Crippen LogP contribution in [-0.2, 0) is 39.4 Å². The molecule has 2 fully saturated rings. The number of halogens is 2. The van der Waals surface area contributed by atoms with Gasteiger partial charge in [0.15, 0.2) is 0 Å². The Morgan fingerprint density at radius 2 is 1.64 bits per heavy atom. The minimum absolute atomic E-state index is 0.0805. The molecule has 1 atom stereocenters. The Morgan fingerprint density at radius 3 is 2.11 bits per heavy atom. The van der Waals surface area contributed by atoms with Gasteiger partial charge in [-0.25, -0.2) is 13.1 Å². The number of benzene rings is 2. The number of sulfonamides is 1. The van der Waals surface area contributed by atoms with Gasteiger partial charge >= 0.3 is 0 Å². The molecule has 0 radical (unpaired) electrons. The van der Waals surface area contributed by atoms with Gasteiger partial charge in [0.1, 0.15) is 6.04 Å². The Kier molecular flexibility index (Phi) is 20.1. The Balaban J connectivity index is 0.000000334. The van der Waals surface area contributed by atoms with Gasteiger partial charge in [0, 0.05) is 29.7 Å². The van der Waals surface area contributed by atoms with E-state index in [4.69, 9.17) is 28.3 Å². The minimum Gasteiger partial charge on any atom is -0.392 e. The van der Waals surface area contributed by atoms with Crippen molar-refractivity contribution >= 4 is 45.5 Å². The summed E-state index contributed by atoms with van der Waals surface area (Å²) in [5.41, 5.74) is 2.40. The number of likely N-dealkylation sites (tertiary alicyclic amines) is 1. The standard InChI is InChI=1S/C14H17ClN2O3.C7H7ClO.C7H15N.C3H9NO2S/c15-12-4-3-10(8-18)11(6-12)7-16-14(20)13-2-1-5-17(13)9-19;8-7-3-1-6(5-9)2-4-7;1-2-7-3-5-8-6-4-7;1-3-4-7(2,5)6/h3-4,6,9,13,18H,1-2,5,7-8H2,(H,16,20);1-4,9H,5H2;7-8H,2-6H2,1H3;4H,3H2,1-2H3. The molecule has 0 bridgehead atoms. The monoisotopic (exact) mass is 674 g/mol. The van der Waals surface area contributed by atoms with Gasteiger partial charge in [-0.1, -0.05) is 61.7 Å². The van der Waals surface area contributed by atoms with Crippen molar-refractivity contribution in [3.63, 3.8) is 0 Å². The maximum absolute atomic E-state index is 12.1. The van der Waals surface area contributed by atoms with E-state index in [-0.39, 0.29) is 25.2 Å². The summed E-state index contributed by atoms with van der Waals surface area (Å²) < 4.78 is 22.5. The van der Waals surface area contributed by atoms with Crippen LogP contribution in [0.2, 0.25) is 10.0 Å². The average molecular weight is 676 g/mol. The highest BCUT2D eigenvalue weighted by Gasteiger charge is 2.29. The van der Waals surface area contributed by atoms with Crippen LogP contribution in [0, 0.1) is 5.92 Å². The predicted molar refractivity (Wildman–Crippen MR) is 177 cm³/mol. The maximum atomic E-state index is 12.1. The van der Waals surface area contributed by atoms with Gasteiger partial charge in [-0.05, 0) is 85.6 Å². The topological polar surface area (TPSA) is 148 Å². The number of hydrogen-bond acceptors (Lipinski definition) is 7. The van der Waals surface area contributed by atoms with Crippen LogP contribution in [0.15, 0.2) is 42.5 Å². The summed E-state index contributed by atoms with van der Waals surface area (Å²) in [5.74, 6) is 0.856. The largest absolute Gasteiger partial charge is 0.392 e. The van der Waals surface area contributed by atoms with E-state index < -0.39 is 10.0 Å². The zero-order chi connectivity index (χ0) is 33.0. The van der Waals surface area contributed by atoms with E-state index >= 15 is 0 Å². The molecule has 2 aliphatic rings. The van der Waals surface area contributed by atoms with Gasteiger partial charge in [-0.2, -0.15) is 0 Å². The van der Waals surface area contributed by atoms with Crippen LogP contribution >= 0.6 is 23.2 Å². The summed E-state index contributed by atoms with van der Waals surface area (Å²) in [6.07, 6.45) is 7.56. The third-order valence-corrected chi connectivity index (χ3v) is 8.36. The second-order valence-corrected chi connectivity index (χ2v) is 13.2. The second-order valence-electron chi connectivity index (χ2n) is 10.4. The van der Waals surface area contributed by atoms with E-state index in [1.54, 1.807) is 49.4 Å². The van der Waals surface area contributed by atoms with Crippen molar-refractivity contribution in [2.45, 2.75) is 71.8 Å². The second kappa shape index (κ2) is 22.3. The van der Waals surface area contributed by atoms with E-state index in [0.29, 0.717) is 36.1 Å². The molecule has 248 valence electrons. The number of nitrogens with zero attached hydrogens (tertiary/aromatic N) is 1. The number of nitrogens with one attached hydrogen (secondary N) is 3. The molecule has 2 aliphatic heterocycles. The van der Waals surface area contributed by atoms with Gasteiger partial charge in [0.25, 0.3) is 0 Å². The van der Waals surface area contributed by atoms with Crippen molar-refractivity contribution in [1.82, 2.24) is 20.3 Å². The Morgan fingerprint density at radius 1 is 1.00 bits per heavy atom. The first-order chi connectivity index (χ1) is 21.0. The molecule has 1 unspecified atom stereocenters. The van der Waals surface area contributed by atoms with E-state index in [2.05, 4.69) is 22.3 Å². The molecule has 13 heteroatoms. The van der Waals surface area contributed by atoms with Crippen molar-refractivity contribution in [3.8, 4) is 0 Å². The third-order valence-electron chi connectivity index (χ3n) is 7.06. The normalized spacial score (nSPS) is 16.3. The summed E-state index contributed by atoms with van der Waals surface area (Å²) in [6, 6.07) is 11.9. The molecular formula is C31H48Cl2N4O6S. The summed E-state index contributed by atoms with van der Waals surface area (Å²) in [7, 11) is -2.92. The first-order valence-electron chi connectivity index (χ1n) is 14.8. The third kappa shape index (κ3) is 16.7. The number of carbonyl (C=O) groups is 2. The van der Waals surface area contributed by atoms with Crippen molar-refractivity contribution in [2.75, 3.05) is 32.4 Å². The molecule has 2 aromatic carbocycles. The molecule has 44 heavy (non-hydrogen) atoms. The highest BCUT2D eigenvalue weighted by molar-refractivity contribution is 7.88. The summed E-state index contributed by atoms with van der Waals surface area (Å²) >= 11 is 11.5. The molecule has 0 aliphatic carbocycles. The van der Waals surface area contributed by atoms with Crippen molar-refractivity contribution in [2.24, 2.45) is 5.92 Å². The van der Waals surface area contributed by atoms with Gasteiger partial charge in [0.2, 0.25) is 22.3 Å².